The minimum atomic E-state index is 0.509. The molecule has 2 aromatic heterocycles. The Morgan fingerprint density at radius 2 is 2.12 bits per heavy atom. The molecule has 0 aromatic carbocycles. The molecule has 0 aliphatic rings. The molecule has 0 N–H and O–H groups in total. The Bertz CT molecular complexity index is 414. The Kier molecular flexibility index (Phi) is 3.39. The van der Waals surface area contributed by atoms with Gasteiger partial charge in [0.25, 0.3) is 0 Å². The Hall–Kier alpha value is -1.58. The third-order valence-electron chi connectivity index (χ3n) is 2.62. The van der Waals surface area contributed by atoms with Gasteiger partial charge in [0.15, 0.2) is 0 Å². The summed E-state index contributed by atoms with van der Waals surface area (Å²) in [5.74, 6) is 0.509. The number of hydrogen-bond acceptors (Lipinski definition) is 2. The molecule has 2 aromatic rings. The van der Waals surface area contributed by atoms with Crippen LogP contribution >= 0.6 is 0 Å². The monoisotopic (exact) mass is 218 g/mol. The van der Waals surface area contributed by atoms with Gasteiger partial charge in [0.05, 0.1) is 12.0 Å². The van der Waals surface area contributed by atoms with Crippen LogP contribution in [0.5, 0.6) is 0 Å². The van der Waals surface area contributed by atoms with E-state index in [1.165, 1.54) is 5.69 Å². The summed E-state index contributed by atoms with van der Waals surface area (Å²) in [7, 11) is 0. The molecule has 2 heterocycles. The number of aromatic nitrogens is 4. The molecule has 0 bridgehead atoms. The molecule has 4 heteroatoms. The second-order valence-electron chi connectivity index (χ2n) is 4.31. The molecule has 0 aliphatic heterocycles. The maximum absolute atomic E-state index is 4.52. The zero-order valence-electron chi connectivity index (χ0n) is 9.87. The topological polar surface area (TPSA) is 35.6 Å². The van der Waals surface area contributed by atoms with E-state index >= 15 is 0 Å². The molecule has 0 spiro atoms. The van der Waals surface area contributed by atoms with Crippen molar-refractivity contribution in [1.29, 1.82) is 0 Å². The summed E-state index contributed by atoms with van der Waals surface area (Å²) in [6.07, 6.45) is 8.79. The SMILES string of the molecule is CC(C)c1ccn(CCCn2ccnc2)n1. The molecular formula is C12H18N4. The van der Waals surface area contributed by atoms with Gasteiger partial charge in [0, 0.05) is 31.7 Å². The Morgan fingerprint density at radius 1 is 1.25 bits per heavy atom. The van der Waals surface area contributed by atoms with Crippen LogP contribution in [-0.4, -0.2) is 19.3 Å². The predicted molar refractivity (Wildman–Crippen MR) is 63.2 cm³/mol. The first-order valence-electron chi connectivity index (χ1n) is 5.75. The van der Waals surface area contributed by atoms with Crippen molar-refractivity contribution in [2.75, 3.05) is 0 Å². The van der Waals surface area contributed by atoms with Crippen LogP contribution in [0.4, 0.5) is 0 Å². The van der Waals surface area contributed by atoms with Crippen LogP contribution in [-0.2, 0) is 13.1 Å². The van der Waals surface area contributed by atoms with Crippen molar-refractivity contribution in [3.05, 3.63) is 36.7 Å². The zero-order chi connectivity index (χ0) is 11.4. The van der Waals surface area contributed by atoms with E-state index in [1.807, 2.05) is 23.4 Å². The second-order valence-corrected chi connectivity index (χ2v) is 4.31. The van der Waals surface area contributed by atoms with Gasteiger partial charge in [-0.2, -0.15) is 5.10 Å². The van der Waals surface area contributed by atoms with Gasteiger partial charge in [-0.3, -0.25) is 4.68 Å². The van der Waals surface area contributed by atoms with Crippen LogP contribution in [0.15, 0.2) is 31.0 Å². The Morgan fingerprint density at radius 3 is 2.75 bits per heavy atom. The van der Waals surface area contributed by atoms with Gasteiger partial charge in [0.2, 0.25) is 0 Å². The first-order valence-corrected chi connectivity index (χ1v) is 5.75. The minimum absolute atomic E-state index is 0.509. The van der Waals surface area contributed by atoms with Crippen molar-refractivity contribution in [1.82, 2.24) is 19.3 Å². The predicted octanol–water partition coefficient (Wildman–Crippen LogP) is 2.29. The maximum atomic E-state index is 4.52. The second kappa shape index (κ2) is 4.96. The highest BCUT2D eigenvalue weighted by atomic mass is 15.3. The summed E-state index contributed by atoms with van der Waals surface area (Å²) in [4.78, 5) is 4.02. The van der Waals surface area contributed by atoms with Crippen LogP contribution < -0.4 is 0 Å². The summed E-state index contributed by atoms with van der Waals surface area (Å²) >= 11 is 0. The first kappa shape index (κ1) is 10.9. The fourth-order valence-electron chi connectivity index (χ4n) is 1.64. The van der Waals surface area contributed by atoms with Gasteiger partial charge in [-0.1, -0.05) is 13.8 Å². The van der Waals surface area contributed by atoms with E-state index in [0.717, 1.165) is 19.5 Å². The lowest BCUT2D eigenvalue weighted by atomic mass is 10.1. The van der Waals surface area contributed by atoms with E-state index in [1.54, 1.807) is 0 Å². The van der Waals surface area contributed by atoms with Crippen LogP contribution in [0, 0.1) is 0 Å². The number of rotatable bonds is 5. The molecule has 0 unspecified atom stereocenters. The molecule has 86 valence electrons. The van der Waals surface area contributed by atoms with Crippen LogP contribution in [0.2, 0.25) is 0 Å². The molecule has 0 fully saturated rings. The van der Waals surface area contributed by atoms with Crippen LogP contribution in [0.1, 0.15) is 31.9 Å². The summed E-state index contributed by atoms with van der Waals surface area (Å²) in [6.45, 7) is 6.29. The fourth-order valence-corrected chi connectivity index (χ4v) is 1.64. The normalized spacial score (nSPS) is 11.2. The van der Waals surface area contributed by atoms with Crippen molar-refractivity contribution < 1.29 is 0 Å². The molecule has 4 nitrogen and oxygen atoms in total. The van der Waals surface area contributed by atoms with Crippen molar-refractivity contribution in [2.24, 2.45) is 0 Å². The third kappa shape index (κ3) is 2.72. The summed E-state index contributed by atoms with van der Waals surface area (Å²) in [5, 5.41) is 4.52. The molecule has 0 atom stereocenters. The van der Waals surface area contributed by atoms with Crippen molar-refractivity contribution in [2.45, 2.75) is 39.3 Å². The smallest absolute Gasteiger partial charge is 0.0945 e. The summed E-state index contributed by atoms with van der Waals surface area (Å²) in [5.41, 5.74) is 1.17. The van der Waals surface area contributed by atoms with Gasteiger partial charge >= 0.3 is 0 Å². The molecule has 16 heavy (non-hydrogen) atoms. The highest BCUT2D eigenvalue weighted by Gasteiger charge is 2.02. The van der Waals surface area contributed by atoms with Gasteiger partial charge < -0.3 is 4.57 Å². The lowest BCUT2D eigenvalue weighted by Crippen LogP contribution is -2.04. The molecule has 0 amide bonds. The van der Waals surface area contributed by atoms with Crippen molar-refractivity contribution in [3.8, 4) is 0 Å². The quantitative estimate of drug-likeness (QED) is 0.772. The van der Waals surface area contributed by atoms with Gasteiger partial charge in [-0.25, -0.2) is 4.98 Å². The molecule has 0 radical (unpaired) electrons. The van der Waals surface area contributed by atoms with Crippen LogP contribution in [0.3, 0.4) is 0 Å². The van der Waals surface area contributed by atoms with Gasteiger partial charge in [0.1, 0.15) is 0 Å². The number of hydrogen-bond donors (Lipinski definition) is 0. The Labute approximate surface area is 95.9 Å². The summed E-state index contributed by atoms with van der Waals surface area (Å²) in [6, 6.07) is 2.10. The van der Waals surface area contributed by atoms with E-state index in [0.29, 0.717) is 5.92 Å². The first-order chi connectivity index (χ1) is 7.75. The molecule has 0 aliphatic carbocycles. The number of aryl methyl sites for hydroxylation is 2. The highest BCUT2D eigenvalue weighted by molar-refractivity contribution is 5.03. The standard InChI is InChI=1S/C12H18N4/c1-11(2)12-4-8-16(14-12)7-3-6-15-9-5-13-10-15/h4-5,8-11H,3,6-7H2,1-2H3. The lowest BCUT2D eigenvalue weighted by molar-refractivity contribution is 0.520. The Balaban J connectivity index is 1.81. The highest BCUT2D eigenvalue weighted by Crippen LogP contribution is 2.10. The number of nitrogens with zero attached hydrogens (tertiary/aromatic N) is 4. The molecule has 0 saturated heterocycles. The van der Waals surface area contributed by atoms with E-state index in [2.05, 4.69) is 40.8 Å². The van der Waals surface area contributed by atoms with Gasteiger partial charge in [-0.15, -0.1) is 0 Å². The fraction of sp³-hybridized carbons (Fsp3) is 0.500. The van der Waals surface area contributed by atoms with E-state index in [9.17, 15) is 0 Å². The van der Waals surface area contributed by atoms with Crippen molar-refractivity contribution in [3.63, 3.8) is 0 Å². The number of imidazole rings is 1. The molecule has 2 rings (SSSR count). The van der Waals surface area contributed by atoms with E-state index in [-0.39, 0.29) is 0 Å². The third-order valence-corrected chi connectivity index (χ3v) is 2.62. The minimum Gasteiger partial charge on any atom is -0.337 e. The van der Waals surface area contributed by atoms with E-state index in [4.69, 9.17) is 0 Å². The van der Waals surface area contributed by atoms with E-state index < -0.39 is 0 Å². The lowest BCUT2D eigenvalue weighted by Gasteiger charge is -2.03. The maximum Gasteiger partial charge on any atom is 0.0945 e. The molecular weight excluding hydrogens is 200 g/mol. The van der Waals surface area contributed by atoms with Crippen LogP contribution in [0.25, 0.3) is 0 Å². The summed E-state index contributed by atoms with van der Waals surface area (Å²) < 4.78 is 4.11. The largest absolute Gasteiger partial charge is 0.337 e. The average molecular weight is 218 g/mol. The van der Waals surface area contributed by atoms with Crippen molar-refractivity contribution >= 4 is 0 Å². The average Bonchev–Trinajstić information content (AvgIpc) is 2.87. The van der Waals surface area contributed by atoms with Gasteiger partial charge in [-0.05, 0) is 18.4 Å². The molecule has 0 saturated carbocycles. The zero-order valence-corrected chi connectivity index (χ0v) is 9.87.